The molecule has 0 spiro atoms. The summed E-state index contributed by atoms with van der Waals surface area (Å²) in [5.74, 6) is -1.95. The van der Waals surface area contributed by atoms with Crippen LogP contribution in [0.2, 0.25) is 15.1 Å². The molecule has 39 heavy (non-hydrogen) atoms. The molecule has 4 rings (SSSR count). The number of rotatable bonds is 5. The largest absolute Gasteiger partial charge is 0.478 e. The molecule has 0 unspecified atom stereocenters. The topological polar surface area (TPSA) is 85.3 Å². The number of nitrogens with zero attached hydrogens (tertiary/aromatic N) is 2. The van der Waals surface area contributed by atoms with Gasteiger partial charge < -0.3 is 9.63 Å². The van der Waals surface area contributed by atoms with Crippen molar-refractivity contribution in [3.8, 4) is 11.3 Å². The van der Waals surface area contributed by atoms with Crippen molar-refractivity contribution in [1.82, 2.24) is 9.72 Å². The highest BCUT2D eigenvalue weighted by molar-refractivity contribution is 6.42. The minimum absolute atomic E-state index is 0.0242. The maximum atomic E-state index is 15.3. The molecule has 1 N–H and O–H groups in total. The summed E-state index contributed by atoms with van der Waals surface area (Å²) in [7, 11) is 0. The quantitative estimate of drug-likeness (QED) is 0.234. The summed E-state index contributed by atoms with van der Waals surface area (Å²) in [5, 5.41) is 15.0. The highest BCUT2D eigenvalue weighted by Crippen LogP contribution is 2.42. The smallest absolute Gasteiger partial charge is 0.332 e. The van der Waals surface area contributed by atoms with Gasteiger partial charge in [-0.05, 0) is 61.6 Å². The number of aliphatic carboxylic acids is 1. The molecule has 10 heteroatoms. The lowest BCUT2D eigenvalue weighted by Crippen LogP contribution is -2.18. The third-order valence-electron chi connectivity index (χ3n) is 6.30. The summed E-state index contributed by atoms with van der Waals surface area (Å²) in [4.78, 5) is 26.2. The van der Waals surface area contributed by atoms with Crippen molar-refractivity contribution in [3.63, 3.8) is 0 Å². The van der Waals surface area contributed by atoms with E-state index in [0.717, 1.165) is 0 Å². The third-order valence-corrected chi connectivity index (χ3v) is 7.11. The number of hydrogen-bond donors (Lipinski definition) is 1. The number of aryl methyl sites for hydroxylation is 1. The Labute approximate surface area is 239 Å². The van der Waals surface area contributed by atoms with Crippen molar-refractivity contribution in [2.75, 3.05) is 0 Å². The molecule has 0 radical (unpaired) electrons. The second-order valence-electron chi connectivity index (χ2n) is 10.8. The molecule has 0 saturated carbocycles. The van der Waals surface area contributed by atoms with Crippen molar-refractivity contribution >= 4 is 63.7 Å². The average Bonchev–Trinajstić information content (AvgIpc) is 3.37. The molecule has 0 fully saturated rings. The summed E-state index contributed by atoms with van der Waals surface area (Å²) < 4.78 is 22.1. The second kappa shape index (κ2) is 10.1. The molecular formula is C29H26Cl3FN2O4. The van der Waals surface area contributed by atoms with E-state index >= 15 is 4.39 Å². The van der Waals surface area contributed by atoms with E-state index in [9.17, 15) is 14.7 Å². The van der Waals surface area contributed by atoms with Crippen LogP contribution in [0, 0.1) is 12.3 Å². The maximum absolute atomic E-state index is 15.3. The average molecular weight is 592 g/mol. The molecule has 2 aromatic carbocycles. The van der Waals surface area contributed by atoms with Gasteiger partial charge in [-0.2, -0.15) is 0 Å². The predicted molar refractivity (Wildman–Crippen MR) is 153 cm³/mol. The molecular weight excluding hydrogens is 566 g/mol. The van der Waals surface area contributed by atoms with Gasteiger partial charge in [-0.15, -0.1) is 0 Å². The number of halogens is 4. The van der Waals surface area contributed by atoms with Gasteiger partial charge in [0.15, 0.2) is 11.4 Å². The molecule has 0 atom stereocenters. The lowest BCUT2D eigenvalue weighted by Gasteiger charge is -2.19. The molecule has 0 aliphatic heterocycles. The zero-order valence-corrected chi connectivity index (χ0v) is 24.4. The van der Waals surface area contributed by atoms with E-state index < -0.39 is 23.0 Å². The van der Waals surface area contributed by atoms with E-state index in [-0.39, 0.29) is 43.2 Å². The van der Waals surface area contributed by atoms with Crippen LogP contribution in [0.3, 0.4) is 0 Å². The normalized spacial score (nSPS) is 12.8. The molecule has 4 aromatic rings. The molecule has 0 aliphatic rings. The molecule has 0 amide bonds. The van der Waals surface area contributed by atoms with Gasteiger partial charge >= 0.3 is 5.97 Å². The molecule has 0 saturated heterocycles. The minimum atomic E-state index is -2.07. The van der Waals surface area contributed by atoms with Crippen LogP contribution in [0.4, 0.5) is 4.39 Å². The van der Waals surface area contributed by atoms with Crippen LogP contribution in [0.1, 0.15) is 61.9 Å². The molecule has 204 valence electrons. The number of benzene rings is 2. The molecule has 6 nitrogen and oxygen atoms in total. The number of carboxylic acid groups (broad SMARTS) is 1. The summed E-state index contributed by atoms with van der Waals surface area (Å²) in [6, 6.07) is 8.12. The first-order valence-electron chi connectivity index (χ1n) is 12.0. The number of carboxylic acids is 1. The Morgan fingerprint density at radius 2 is 1.69 bits per heavy atom. The zero-order valence-electron chi connectivity index (χ0n) is 22.1. The van der Waals surface area contributed by atoms with Crippen molar-refractivity contribution in [1.29, 1.82) is 0 Å². The maximum Gasteiger partial charge on any atom is 0.332 e. The first-order valence-corrected chi connectivity index (χ1v) is 13.1. The molecule has 0 bridgehead atoms. The Morgan fingerprint density at radius 3 is 2.23 bits per heavy atom. The van der Waals surface area contributed by atoms with Gasteiger partial charge in [0.25, 0.3) is 5.91 Å². The SMILES string of the molecule is Cc1cn(C(=O)c2c(-c3c(Cl)cc(Cl)cc3Cl)noc2C(C)(C)F)c2cccc(/C=C(/C(=O)O)C(C)(C)C)c12. The fourth-order valence-electron chi connectivity index (χ4n) is 4.51. The first kappa shape index (κ1) is 28.9. The van der Waals surface area contributed by atoms with Gasteiger partial charge in [0, 0.05) is 27.7 Å². The summed E-state index contributed by atoms with van der Waals surface area (Å²) >= 11 is 18.9. The van der Waals surface area contributed by atoms with Gasteiger partial charge in [0.1, 0.15) is 11.3 Å². The number of alkyl halides is 1. The number of hydrogen-bond acceptors (Lipinski definition) is 4. The highest BCUT2D eigenvalue weighted by atomic mass is 35.5. The van der Waals surface area contributed by atoms with Gasteiger partial charge in [-0.1, -0.05) is 72.9 Å². The highest BCUT2D eigenvalue weighted by Gasteiger charge is 2.37. The van der Waals surface area contributed by atoms with E-state index in [1.54, 1.807) is 30.5 Å². The fraction of sp³-hybridized carbons (Fsp3) is 0.276. The molecule has 0 aliphatic carbocycles. The van der Waals surface area contributed by atoms with E-state index in [1.165, 1.54) is 30.5 Å². The van der Waals surface area contributed by atoms with Gasteiger partial charge in [-0.25, -0.2) is 9.18 Å². The standard InChI is InChI=1S/C29H26Cl3FN2O4/c1-14-13-35(20-9-7-8-15(21(14)20)10-17(27(37)38)28(2,3)4)26(36)23-24(34-39-25(23)29(5,6)33)22-18(31)11-16(30)12-19(22)32/h7-13H,1-6H3,(H,37,38)/b17-10-. The van der Waals surface area contributed by atoms with E-state index in [2.05, 4.69) is 5.16 Å². The van der Waals surface area contributed by atoms with E-state index in [4.69, 9.17) is 39.3 Å². The Hall–Kier alpha value is -3.13. The second-order valence-corrected chi connectivity index (χ2v) is 12.0. The number of fused-ring (bicyclic) bond motifs is 1. The van der Waals surface area contributed by atoms with E-state index in [0.29, 0.717) is 22.0 Å². The number of carbonyl (C=O) groups is 2. The minimum Gasteiger partial charge on any atom is -0.478 e. The Kier molecular flexibility index (Phi) is 7.49. The van der Waals surface area contributed by atoms with Gasteiger partial charge in [0.2, 0.25) is 0 Å². The Balaban J connectivity index is 1.99. The number of aromatic nitrogens is 2. The van der Waals surface area contributed by atoms with Crippen LogP contribution in [-0.4, -0.2) is 26.7 Å². The first-order chi connectivity index (χ1) is 18.0. The van der Waals surface area contributed by atoms with Crippen LogP contribution in [0.25, 0.3) is 28.2 Å². The van der Waals surface area contributed by atoms with Crippen LogP contribution in [-0.2, 0) is 10.5 Å². The predicted octanol–water partition coefficient (Wildman–Crippen LogP) is 8.97. The van der Waals surface area contributed by atoms with Gasteiger partial charge in [-0.3, -0.25) is 9.36 Å². The summed E-state index contributed by atoms with van der Waals surface area (Å²) in [5.41, 5.74) is -0.645. The Bertz CT molecular complexity index is 1650. The fourth-order valence-corrected chi connectivity index (χ4v) is 5.51. The summed E-state index contributed by atoms with van der Waals surface area (Å²) in [6.45, 7) is 9.75. The monoisotopic (exact) mass is 590 g/mol. The van der Waals surface area contributed by atoms with Crippen molar-refractivity contribution in [2.24, 2.45) is 5.41 Å². The molecule has 2 heterocycles. The number of carbonyl (C=O) groups excluding carboxylic acids is 1. The van der Waals surface area contributed by atoms with Crippen LogP contribution >= 0.6 is 34.8 Å². The zero-order chi connectivity index (χ0) is 29.0. The Morgan fingerprint density at radius 1 is 1.08 bits per heavy atom. The third kappa shape index (κ3) is 5.36. The summed E-state index contributed by atoms with van der Waals surface area (Å²) in [6.07, 6.45) is 3.22. The van der Waals surface area contributed by atoms with E-state index in [1.807, 2.05) is 27.7 Å². The van der Waals surface area contributed by atoms with Crippen molar-refractivity contribution in [2.45, 2.75) is 47.2 Å². The van der Waals surface area contributed by atoms with Crippen LogP contribution < -0.4 is 0 Å². The van der Waals surface area contributed by atoms with Crippen LogP contribution in [0.15, 0.2) is 46.6 Å². The molecule has 2 aromatic heterocycles. The van der Waals surface area contributed by atoms with Crippen LogP contribution in [0.5, 0.6) is 0 Å². The lowest BCUT2D eigenvalue weighted by atomic mass is 9.85. The lowest BCUT2D eigenvalue weighted by molar-refractivity contribution is -0.133. The van der Waals surface area contributed by atoms with Crippen molar-refractivity contribution < 1.29 is 23.6 Å². The van der Waals surface area contributed by atoms with Crippen molar-refractivity contribution in [3.05, 3.63) is 79.6 Å². The van der Waals surface area contributed by atoms with Gasteiger partial charge in [0.05, 0.1) is 15.6 Å².